The molecule has 0 aliphatic heterocycles. The monoisotopic (exact) mass is 1520 g/mol. The van der Waals surface area contributed by atoms with Gasteiger partial charge in [-0.2, -0.15) is 0 Å². The molecule has 0 amide bonds. The number of phosphoric ester groups is 2. The van der Waals surface area contributed by atoms with E-state index in [4.69, 9.17) is 37.0 Å². The molecule has 0 aromatic heterocycles. The number of aliphatic hydroxyl groups is 1. The van der Waals surface area contributed by atoms with Crippen molar-refractivity contribution in [3.8, 4) is 0 Å². The van der Waals surface area contributed by atoms with Crippen molar-refractivity contribution >= 4 is 39.5 Å². The Balaban J connectivity index is 5.21. The molecule has 0 aromatic carbocycles. The van der Waals surface area contributed by atoms with Crippen LogP contribution in [0, 0.1) is 23.7 Å². The fourth-order valence-corrected chi connectivity index (χ4v) is 14.7. The Hall–Kier alpha value is -1.94. The van der Waals surface area contributed by atoms with Gasteiger partial charge in [-0.05, 0) is 49.4 Å². The second-order valence-corrected chi connectivity index (χ2v) is 35.4. The molecule has 0 aliphatic rings. The van der Waals surface area contributed by atoms with Gasteiger partial charge in [-0.15, -0.1) is 0 Å². The molecule has 0 heterocycles. The lowest BCUT2D eigenvalue weighted by Gasteiger charge is -2.21. The van der Waals surface area contributed by atoms with Crippen molar-refractivity contribution in [3.05, 3.63) is 0 Å². The van der Waals surface area contributed by atoms with E-state index in [-0.39, 0.29) is 25.7 Å². The SMILES string of the molecule is CC(C)CCCCCCCCCCCCCCCCCCCCC(=O)O[C@H](COC(=O)CCCCCCCCCCCCCCCCC(C)C)COP(=O)(O)OCC(O)COP(=O)(O)OC[C@@H](COC(=O)CCCCCCCCC(C)C)OC(=O)CCCCCCCCCCCCCCCCC(C)C. The van der Waals surface area contributed by atoms with E-state index in [2.05, 4.69) is 55.4 Å². The molecule has 5 atom stereocenters. The van der Waals surface area contributed by atoms with E-state index in [1.807, 2.05) is 0 Å². The molecule has 0 saturated carbocycles. The molecule has 3 N–H and O–H groups in total. The summed E-state index contributed by atoms with van der Waals surface area (Å²) < 4.78 is 68.8. The Kier molecular flexibility index (Phi) is 72.5. The molecule has 0 radical (unpaired) electrons. The lowest BCUT2D eigenvalue weighted by Crippen LogP contribution is -2.30. The molecule has 17 nitrogen and oxygen atoms in total. The van der Waals surface area contributed by atoms with Gasteiger partial charge in [0.25, 0.3) is 0 Å². The first-order chi connectivity index (χ1) is 50.1. The van der Waals surface area contributed by atoms with Crippen molar-refractivity contribution in [2.75, 3.05) is 39.6 Å². The molecule has 0 saturated heterocycles. The highest BCUT2D eigenvalue weighted by atomic mass is 31.2. The molecule has 104 heavy (non-hydrogen) atoms. The van der Waals surface area contributed by atoms with Crippen LogP contribution in [-0.2, 0) is 65.4 Å². The van der Waals surface area contributed by atoms with E-state index in [1.165, 1.54) is 238 Å². The van der Waals surface area contributed by atoms with E-state index in [0.29, 0.717) is 31.6 Å². The lowest BCUT2D eigenvalue weighted by molar-refractivity contribution is -0.161. The van der Waals surface area contributed by atoms with E-state index >= 15 is 0 Å². The number of hydrogen-bond donors (Lipinski definition) is 3. The van der Waals surface area contributed by atoms with Gasteiger partial charge >= 0.3 is 39.5 Å². The van der Waals surface area contributed by atoms with Gasteiger partial charge in [-0.1, -0.05) is 389 Å². The van der Waals surface area contributed by atoms with Gasteiger partial charge in [0.2, 0.25) is 0 Å². The smallest absolute Gasteiger partial charge is 0.462 e. The van der Waals surface area contributed by atoms with Crippen LogP contribution in [0.25, 0.3) is 0 Å². The van der Waals surface area contributed by atoms with Gasteiger partial charge in [0, 0.05) is 25.7 Å². The van der Waals surface area contributed by atoms with E-state index < -0.39 is 97.5 Å². The quantitative estimate of drug-likeness (QED) is 0.0222. The number of esters is 4. The van der Waals surface area contributed by atoms with Gasteiger partial charge in [0.1, 0.15) is 19.3 Å². The van der Waals surface area contributed by atoms with Gasteiger partial charge in [0.05, 0.1) is 26.4 Å². The number of rotatable bonds is 82. The van der Waals surface area contributed by atoms with Crippen LogP contribution in [0.5, 0.6) is 0 Å². The predicted molar refractivity (Wildman–Crippen MR) is 428 cm³/mol. The number of unbranched alkanes of at least 4 members (excludes halogenated alkanes) is 48. The first kappa shape index (κ1) is 102. The van der Waals surface area contributed by atoms with Crippen molar-refractivity contribution in [1.82, 2.24) is 0 Å². The minimum Gasteiger partial charge on any atom is -0.462 e. The van der Waals surface area contributed by atoms with Crippen LogP contribution in [0.15, 0.2) is 0 Å². The summed E-state index contributed by atoms with van der Waals surface area (Å²) in [6, 6.07) is 0. The van der Waals surface area contributed by atoms with Crippen molar-refractivity contribution in [3.63, 3.8) is 0 Å². The second-order valence-electron chi connectivity index (χ2n) is 32.5. The highest BCUT2D eigenvalue weighted by Gasteiger charge is 2.30. The van der Waals surface area contributed by atoms with Crippen molar-refractivity contribution in [1.29, 1.82) is 0 Å². The Bertz CT molecular complexity index is 2020. The normalized spacial score (nSPS) is 14.0. The third kappa shape index (κ3) is 78.2. The third-order valence-electron chi connectivity index (χ3n) is 19.8. The fourth-order valence-electron chi connectivity index (χ4n) is 13.1. The maximum atomic E-state index is 13.1. The molecular formula is C85H166O17P2. The van der Waals surface area contributed by atoms with Crippen LogP contribution in [0.1, 0.15) is 441 Å². The minimum atomic E-state index is -4.97. The zero-order valence-electron chi connectivity index (χ0n) is 68.7. The number of carbonyl (C=O) groups is 4. The first-order valence-electron chi connectivity index (χ1n) is 43.7. The van der Waals surface area contributed by atoms with Crippen LogP contribution >= 0.6 is 15.6 Å². The average molecular weight is 1520 g/mol. The molecule has 0 aromatic rings. The fraction of sp³-hybridized carbons (Fsp3) is 0.953. The molecular weight excluding hydrogens is 1350 g/mol. The summed E-state index contributed by atoms with van der Waals surface area (Å²) in [6.45, 7) is 14.3. The number of ether oxygens (including phenoxy) is 4. The van der Waals surface area contributed by atoms with Crippen molar-refractivity contribution < 1.29 is 80.2 Å². The summed E-state index contributed by atoms with van der Waals surface area (Å²) in [5.41, 5.74) is 0. The summed E-state index contributed by atoms with van der Waals surface area (Å²) in [6.07, 6.45) is 62.7. The maximum absolute atomic E-state index is 13.1. The van der Waals surface area contributed by atoms with Crippen LogP contribution < -0.4 is 0 Å². The summed E-state index contributed by atoms with van der Waals surface area (Å²) >= 11 is 0. The lowest BCUT2D eigenvalue weighted by atomic mass is 10.0. The average Bonchev–Trinajstić information content (AvgIpc) is 0.915. The number of carbonyl (C=O) groups excluding carboxylic acids is 4. The molecule has 0 aliphatic carbocycles. The topological polar surface area (TPSA) is 237 Å². The predicted octanol–water partition coefficient (Wildman–Crippen LogP) is 25.6. The van der Waals surface area contributed by atoms with Gasteiger partial charge in [0.15, 0.2) is 12.2 Å². The Morgan fingerprint density at radius 1 is 0.240 bits per heavy atom. The molecule has 19 heteroatoms. The Labute approximate surface area is 638 Å². The van der Waals surface area contributed by atoms with Crippen molar-refractivity contribution in [2.24, 2.45) is 23.7 Å². The molecule has 0 fully saturated rings. The summed E-state index contributed by atoms with van der Waals surface area (Å²) in [7, 11) is -9.93. The zero-order valence-corrected chi connectivity index (χ0v) is 70.5. The zero-order chi connectivity index (χ0) is 76.7. The highest BCUT2D eigenvalue weighted by molar-refractivity contribution is 7.47. The first-order valence-corrected chi connectivity index (χ1v) is 46.7. The van der Waals surface area contributed by atoms with Crippen LogP contribution in [0.3, 0.4) is 0 Å². The molecule has 0 spiro atoms. The van der Waals surface area contributed by atoms with E-state index in [9.17, 15) is 43.2 Å². The van der Waals surface area contributed by atoms with Crippen molar-refractivity contribution in [2.45, 2.75) is 459 Å². The molecule has 0 rings (SSSR count). The van der Waals surface area contributed by atoms with Gasteiger partial charge in [-0.25, -0.2) is 9.13 Å². The van der Waals surface area contributed by atoms with Crippen LogP contribution in [0.4, 0.5) is 0 Å². The van der Waals surface area contributed by atoms with Crippen LogP contribution in [0.2, 0.25) is 0 Å². The number of phosphoric acid groups is 2. The van der Waals surface area contributed by atoms with Gasteiger partial charge < -0.3 is 33.8 Å². The summed E-state index contributed by atoms with van der Waals surface area (Å²) in [4.78, 5) is 73.1. The maximum Gasteiger partial charge on any atom is 0.472 e. The Morgan fingerprint density at radius 2 is 0.404 bits per heavy atom. The summed E-state index contributed by atoms with van der Waals surface area (Å²) in [5.74, 6) is 0.983. The van der Waals surface area contributed by atoms with Crippen LogP contribution in [-0.4, -0.2) is 96.7 Å². The molecule has 0 bridgehead atoms. The number of aliphatic hydroxyl groups excluding tert-OH is 1. The second kappa shape index (κ2) is 73.8. The summed E-state index contributed by atoms with van der Waals surface area (Å²) in [5, 5.41) is 10.7. The molecule has 618 valence electrons. The Morgan fingerprint density at radius 3 is 0.596 bits per heavy atom. The number of hydrogen-bond acceptors (Lipinski definition) is 15. The third-order valence-corrected chi connectivity index (χ3v) is 21.7. The van der Waals surface area contributed by atoms with Gasteiger partial charge in [-0.3, -0.25) is 37.3 Å². The molecule has 3 unspecified atom stereocenters. The van der Waals surface area contributed by atoms with E-state index in [1.54, 1.807) is 0 Å². The van der Waals surface area contributed by atoms with E-state index in [0.717, 1.165) is 114 Å². The standard InChI is InChI=1S/C85H166O17P2/c1-75(2)61-53-45-37-31-25-19-13-11-9-10-12-14-23-29-35-41-51-59-67-84(89)101-80(71-95-82(87)65-57-49-40-34-28-22-17-15-20-26-32-38-46-54-62-76(3)4)73-99-103(91,92)97-69-79(86)70-98-104(93,94)100-74-81(72-96-83(88)66-58-50-44-43-48-56-64-78(7)8)102-85(90)68-60-52-42-36-30-24-18-16-21-27-33-39-47-55-63-77(5)6/h75-81,86H,9-74H2,1-8H3,(H,91,92)(H,93,94)/t79?,80-,81-/m1/s1. The highest BCUT2D eigenvalue weighted by Crippen LogP contribution is 2.45. The minimum absolute atomic E-state index is 0.106. The largest absolute Gasteiger partial charge is 0.472 e.